The van der Waals surface area contributed by atoms with E-state index in [1.165, 1.54) is 38.5 Å². The molecule has 1 aliphatic rings. The summed E-state index contributed by atoms with van der Waals surface area (Å²) in [5.74, 6) is -6.60. The molecule has 0 saturated carbocycles. The number of nitrogen functional groups attached to an aromatic ring is 1. The van der Waals surface area contributed by atoms with Gasteiger partial charge in [-0.3, -0.25) is 23.5 Å². The summed E-state index contributed by atoms with van der Waals surface area (Å²) < 4.78 is 82.8. The normalized spacial score (nSPS) is 18.5. The lowest BCUT2D eigenvalue weighted by Gasteiger charge is -2.25. The molecule has 18 heteroatoms. The van der Waals surface area contributed by atoms with E-state index < -0.39 is 86.8 Å². The van der Waals surface area contributed by atoms with Gasteiger partial charge in [0.25, 0.3) is 0 Å². The summed E-state index contributed by atoms with van der Waals surface area (Å²) in [6.45, 7) is 10.1. The number of nitrogens with two attached hydrogens (primary N) is 1. The van der Waals surface area contributed by atoms with Crippen LogP contribution in [0.1, 0.15) is 151 Å². The molecule has 3 atom stereocenters. The zero-order valence-corrected chi connectivity index (χ0v) is 35.1. The van der Waals surface area contributed by atoms with Gasteiger partial charge in [0.1, 0.15) is 11.9 Å². The highest BCUT2D eigenvalue weighted by atomic mass is 31.2. The molecule has 1 aliphatic heterocycles. The van der Waals surface area contributed by atoms with Crippen LogP contribution in [0, 0.1) is 10.8 Å². The molecule has 0 aromatic carbocycles. The summed E-state index contributed by atoms with van der Waals surface area (Å²) >= 11 is 0. The first-order chi connectivity index (χ1) is 26.2. The van der Waals surface area contributed by atoms with Crippen molar-refractivity contribution < 1.29 is 60.2 Å². The first-order valence-corrected chi connectivity index (χ1v) is 21.0. The van der Waals surface area contributed by atoms with E-state index >= 15 is 8.78 Å². The van der Waals surface area contributed by atoms with E-state index in [-0.39, 0.29) is 25.1 Å². The standard InChI is InChI=1S/C38H64F2N3O12P/c1-8-9-10-11-12-13-14-15-16-17-18-19-20-30(44)55-33-28(54-34(38(33,39)40)43-22-21-29(41)42-35(43)47)25-51-56(48,52-26-49-31(45)23-36(2,3)4)53-27-50-32(46)24-37(5,6)7/h21-22,28,33-34H,8-20,23-27H2,1-7H3,(H2,41,42,47)/t28-,33?,34-/m1/s1. The quantitative estimate of drug-likeness (QED) is 0.0308. The number of halogens is 2. The second-order valence-electron chi connectivity index (χ2n) is 16.5. The van der Waals surface area contributed by atoms with Crippen molar-refractivity contribution in [2.45, 2.75) is 169 Å². The third-order valence-electron chi connectivity index (χ3n) is 8.55. The van der Waals surface area contributed by atoms with Crippen LogP contribution in [0.15, 0.2) is 17.1 Å². The number of nitrogens with zero attached hydrogens (tertiary/aromatic N) is 2. The summed E-state index contributed by atoms with van der Waals surface area (Å²) in [5, 5.41) is 0. The first kappa shape index (κ1) is 49.2. The largest absolute Gasteiger partial charge is 0.480 e. The highest BCUT2D eigenvalue weighted by Crippen LogP contribution is 2.51. The van der Waals surface area contributed by atoms with Crippen molar-refractivity contribution in [2.24, 2.45) is 10.8 Å². The molecular weight excluding hydrogens is 759 g/mol. The molecule has 1 unspecified atom stereocenters. The molecule has 1 saturated heterocycles. The predicted octanol–water partition coefficient (Wildman–Crippen LogP) is 8.39. The highest BCUT2D eigenvalue weighted by molar-refractivity contribution is 7.48. The molecule has 15 nitrogen and oxygen atoms in total. The molecule has 0 aliphatic carbocycles. The van der Waals surface area contributed by atoms with E-state index in [0.717, 1.165) is 37.9 Å². The fourth-order valence-electron chi connectivity index (χ4n) is 5.72. The molecule has 0 amide bonds. The van der Waals surface area contributed by atoms with Crippen LogP contribution in [0.4, 0.5) is 14.6 Å². The number of carbonyl (C=O) groups excluding carboxylic acids is 3. The minimum absolute atomic E-state index is 0.0230. The second kappa shape index (κ2) is 23.4. The second-order valence-corrected chi connectivity index (χ2v) is 18.2. The molecule has 0 spiro atoms. The van der Waals surface area contributed by atoms with Gasteiger partial charge in [0, 0.05) is 12.6 Å². The van der Waals surface area contributed by atoms with Crippen LogP contribution in [0.2, 0.25) is 0 Å². The Balaban J connectivity index is 2.13. The van der Waals surface area contributed by atoms with E-state index in [4.69, 9.17) is 38.3 Å². The van der Waals surface area contributed by atoms with Crippen LogP contribution >= 0.6 is 7.82 Å². The van der Waals surface area contributed by atoms with Gasteiger partial charge in [0.15, 0.2) is 6.10 Å². The van der Waals surface area contributed by atoms with Crippen molar-refractivity contribution in [3.8, 4) is 0 Å². The molecule has 2 heterocycles. The third kappa shape index (κ3) is 19.0. The number of carbonyl (C=O) groups is 3. The van der Waals surface area contributed by atoms with Crippen molar-refractivity contribution in [2.75, 3.05) is 25.9 Å². The van der Waals surface area contributed by atoms with Crippen LogP contribution < -0.4 is 11.4 Å². The molecule has 322 valence electrons. The maximum absolute atomic E-state index is 16.1. The Hall–Kier alpha value is -2.98. The molecule has 1 aromatic heterocycles. The Morgan fingerprint density at radius 1 is 0.821 bits per heavy atom. The van der Waals surface area contributed by atoms with Crippen LogP contribution in [0.3, 0.4) is 0 Å². The van der Waals surface area contributed by atoms with Crippen molar-refractivity contribution in [3.05, 3.63) is 22.7 Å². The Kier molecular flexibility index (Phi) is 20.6. The molecule has 2 N–H and O–H groups in total. The van der Waals surface area contributed by atoms with Gasteiger partial charge in [-0.25, -0.2) is 18.4 Å². The van der Waals surface area contributed by atoms with Crippen molar-refractivity contribution in [1.82, 2.24) is 9.55 Å². The number of unbranched alkanes of at least 4 members (excludes halogenated alkanes) is 11. The summed E-state index contributed by atoms with van der Waals surface area (Å²) in [6.07, 6.45) is 6.91. The lowest BCUT2D eigenvalue weighted by molar-refractivity contribution is -0.176. The average molecular weight is 824 g/mol. The number of alkyl halides is 2. The first-order valence-electron chi connectivity index (χ1n) is 19.6. The van der Waals surface area contributed by atoms with Gasteiger partial charge in [0.2, 0.25) is 19.8 Å². The molecule has 0 bridgehead atoms. The number of phosphoric ester groups is 1. The maximum atomic E-state index is 16.1. The van der Waals surface area contributed by atoms with E-state index in [2.05, 4.69) is 11.9 Å². The van der Waals surface area contributed by atoms with Crippen molar-refractivity contribution in [1.29, 1.82) is 0 Å². The number of rotatable bonds is 26. The molecular formula is C38H64F2N3O12P. The summed E-state index contributed by atoms with van der Waals surface area (Å²) in [5.41, 5.74) is 3.49. The number of anilines is 1. The Morgan fingerprint density at radius 2 is 1.30 bits per heavy atom. The van der Waals surface area contributed by atoms with E-state index in [1.54, 1.807) is 41.5 Å². The van der Waals surface area contributed by atoms with Crippen LogP contribution in [-0.4, -0.2) is 65.8 Å². The average Bonchev–Trinajstić information content (AvgIpc) is 3.31. The van der Waals surface area contributed by atoms with Crippen LogP contribution in [-0.2, 0) is 51.5 Å². The predicted molar refractivity (Wildman–Crippen MR) is 203 cm³/mol. The zero-order chi connectivity index (χ0) is 42.0. The number of ether oxygens (including phenoxy) is 4. The van der Waals surface area contributed by atoms with Gasteiger partial charge in [-0.1, -0.05) is 119 Å². The van der Waals surface area contributed by atoms with Gasteiger partial charge < -0.3 is 24.7 Å². The Labute approximate surface area is 329 Å². The van der Waals surface area contributed by atoms with Crippen molar-refractivity contribution in [3.63, 3.8) is 0 Å². The number of esters is 3. The van der Waals surface area contributed by atoms with Crippen LogP contribution in [0.25, 0.3) is 0 Å². The maximum Gasteiger partial charge on any atom is 0.480 e. The lowest BCUT2D eigenvalue weighted by atomic mass is 9.92. The molecule has 0 radical (unpaired) electrons. The van der Waals surface area contributed by atoms with Gasteiger partial charge in [-0.05, 0) is 23.3 Å². The highest BCUT2D eigenvalue weighted by Gasteiger charge is 2.63. The summed E-state index contributed by atoms with van der Waals surface area (Å²) in [6, 6.07) is 1.11. The minimum atomic E-state index is -4.86. The SMILES string of the molecule is CCCCCCCCCCCCCCC(=O)OC1[C@@H](COP(=O)(OCOC(=O)CC(C)(C)C)OCOC(=O)CC(C)(C)C)O[C@@H](n2ccc(N)nc2=O)C1(F)F. The van der Waals surface area contributed by atoms with E-state index in [9.17, 15) is 23.7 Å². The van der Waals surface area contributed by atoms with Gasteiger partial charge in [-0.2, -0.15) is 13.8 Å². The lowest BCUT2D eigenvalue weighted by Crippen LogP contribution is -2.44. The van der Waals surface area contributed by atoms with Gasteiger partial charge in [-0.15, -0.1) is 0 Å². The number of aromatic nitrogens is 2. The Morgan fingerprint density at radius 3 is 1.77 bits per heavy atom. The monoisotopic (exact) mass is 823 g/mol. The number of phosphoric acid groups is 1. The topological polar surface area (TPSA) is 194 Å². The summed E-state index contributed by atoms with van der Waals surface area (Å²) in [4.78, 5) is 53.5. The van der Waals surface area contributed by atoms with E-state index in [1.807, 2.05) is 0 Å². The smallest absolute Gasteiger partial charge is 0.453 e. The fourth-order valence-corrected chi connectivity index (χ4v) is 6.64. The zero-order valence-electron chi connectivity index (χ0n) is 34.2. The molecule has 2 rings (SSSR count). The molecule has 1 aromatic rings. The minimum Gasteiger partial charge on any atom is -0.453 e. The fraction of sp³-hybridized carbons (Fsp3) is 0.816. The van der Waals surface area contributed by atoms with E-state index in [0.29, 0.717) is 17.4 Å². The molecule has 56 heavy (non-hydrogen) atoms. The van der Waals surface area contributed by atoms with Crippen molar-refractivity contribution >= 4 is 31.5 Å². The van der Waals surface area contributed by atoms with Crippen LogP contribution in [0.5, 0.6) is 0 Å². The Bertz CT molecular complexity index is 1440. The summed E-state index contributed by atoms with van der Waals surface area (Å²) in [7, 11) is -4.86. The van der Waals surface area contributed by atoms with Gasteiger partial charge >= 0.3 is 37.3 Å². The number of hydrogen-bond acceptors (Lipinski definition) is 14. The third-order valence-corrected chi connectivity index (χ3v) is 9.86. The van der Waals surface area contributed by atoms with Gasteiger partial charge in [0.05, 0.1) is 19.4 Å². The molecule has 1 fully saturated rings. The number of hydrogen-bond donors (Lipinski definition) is 1.